The number of carbonyl (C=O) groups is 2. The Morgan fingerprint density at radius 1 is 0.969 bits per heavy atom. The van der Waals surface area contributed by atoms with Crippen LogP contribution in [0, 0.1) is 30.1 Å². The molecule has 0 fully saturated rings. The van der Waals surface area contributed by atoms with E-state index in [0.717, 1.165) is 0 Å². The second-order valence-electron chi connectivity index (χ2n) is 8.95. The molecule has 1 aromatic carbocycles. The van der Waals surface area contributed by atoms with Gasteiger partial charge < -0.3 is 29.4 Å². The molecule has 0 saturated carbocycles. The quantitative estimate of drug-likeness (QED) is 0.457. The average Bonchev–Trinajstić information content (AvgIpc) is 2.65. The van der Waals surface area contributed by atoms with E-state index in [9.17, 15) is 14.7 Å². The lowest BCUT2D eigenvalue weighted by atomic mass is 9.71. The lowest BCUT2D eigenvalue weighted by molar-refractivity contribution is -0.115. The van der Waals surface area contributed by atoms with Crippen LogP contribution >= 0.6 is 0 Å². The van der Waals surface area contributed by atoms with Crippen molar-refractivity contribution in [1.82, 2.24) is 5.32 Å². The van der Waals surface area contributed by atoms with Crippen molar-refractivity contribution in [2.24, 2.45) is 5.41 Å². The van der Waals surface area contributed by atoms with Crippen molar-refractivity contribution in [1.29, 1.82) is 0 Å². The van der Waals surface area contributed by atoms with E-state index in [1.807, 2.05) is 20.8 Å². The summed E-state index contributed by atoms with van der Waals surface area (Å²) in [6, 6.07) is 4.83. The van der Waals surface area contributed by atoms with Crippen molar-refractivity contribution in [3.05, 3.63) is 23.8 Å². The zero-order valence-corrected chi connectivity index (χ0v) is 19.4. The molecule has 0 aromatic heterocycles. The van der Waals surface area contributed by atoms with Crippen LogP contribution in [0.3, 0.4) is 0 Å². The summed E-state index contributed by atoms with van der Waals surface area (Å²) >= 11 is 0. The van der Waals surface area contributed by atoms with Gasteiger partial charge in [-0.3, -0.25) is 0 Å². The molecule has 1 aromatic rings. The molecular weight excluding hydrogens is 414 g/mol. The van der Waals surface area contributed by atoms with Crippen LogP contribution in [0.25, 0.3) is 0 Å². The molecule has 174 valence electrons. The molecule has 0 bridgehead atoms. The highest BCUT2D eigenvalue weighted by atomic mass is 16.7. The number of nitrogens with one attached hydrogen (secondary N) is 1. The summed E-state index contributed by atoms with van der Waals surface area (Å²) in [5.74, 6) is 5.35. The Morgan fingerprint density at radius 2 is 1.53 bits per heavy atom. The van der Waals surface area contributed by atoms with Gasteiger partial charge in [-0.1, -0.05) is 38.7 Å². The van der Waals surface area contributed by atoms with Gasteiger partial charge in [-0.05, 0) is 32.9 Å². The van der Waals surface area contributed by atoms with Crippen LogP contribution in [0.1, 0.15) is 47.1 Å². The summed E-state index contributed by atoms with van der Waals surface area (Å²) < 4.78 is 22.3. The molecule has 8 heteroatoms. The fourth-order valence-electron chi connectivity index (χ4n) is 2.89. The number of benzene rings is 1. The molecule has 0 radical (unpaired) electrons. The minimum atomic E-state index is -1.47. The van der Waals surface area contributed by atoms with Gasteiger partial charge in [0, 0.05) is 11.0 Å². The van der Waals surface area contributed by atoms with E-state index in [0.29, 0.717) is 11.3 Å². The first-order chi connectivity index (χ1) is 14.8. The van der Waals surface area contributed by atoms with Crippen LogP contribution in [0.5, 0.6) is 11.5 Å². The topological polar surface area (TPSA) is 103 Å². The number of hydrogen-bond acceptors (Lipinski definition) is 6. The second kappa shape index (κ2) is 10.7. The number of terminal acetylenes is 2. The Labute approximate surface area is 189 Å². The third kappa shape index (κ3) is 7.31. The fourth-order valence-corrected chi connectivity index (χ4v) is 2.89. The zero-order valence-electron chi connectivity index (χ0n) is 19.4. The molecule has 1 rings (SSSR count). The Morgan fingerprint density at radius 3 is 2.00 bits per heavy atom. The van der Waals surface area contributed by atoms with Crippen LogP contribution in [-0.2, 0) is 15.1 Å². The maximum absolute atomic E-state index is 12.7. The van der Waals surface area contributed by atoms with Gasteiger partial charge in [-0.25, -0.2) is 9.59 Å². The third-order valence-corrected chi connectivity index (χ3v) is 4.38. The van der Waals surface area contributed by atoms with Crippen molar-refractivity contribution < 1.29 is 33.6 Å². The number of carboxylic acid groups (broad SMARTS) is 1. The van der Waals surface area contributed by atoms with E-state index >= 15 is 0 Å². The average molecular weight is 446 g/mol. The molecule has 1 amide bonds. The monoisotopic (exact) mass is 445 g/mol. The minimum absolute atomic E-state index is 0.00511. The molecule has 0 spiro atoms. The maximum atomic E-state index is 12.7. The van der Waals surface area contributed by atoms with Crippen LogP contribution in [0.2, 0.25) is 0 Å². The second-order valence-corrected chi connectivity index (χ2v) is 8.95. The summed E-state index contributed by atoms with van der Waals surface area (Å²) in [4.78, 5) is 24.0. The van der Waals surface area contributed by atoms with E-state index in [-0.39, 0.29) is 25.5 Å². The Kier molecular flexibility index (Phi) is 8.85. The normalized spacial score (nSPS) is 13.0. The molecule has 0 aliphatic rings. The van der Waals surface area contributed by atoms with E-state index in [2.05, 4.69) is 17.2 Å². The molecule has 32 heavy (non-hydrogen) atoms. The fraction of sp³-hybridized carbons (Fsp3) is 0.500. The predicted octanol–water partition coefficient (Wildman–Crippen LogP) is 4.17. The molecule has 1 unspecified atom stereocenters. The number of carbonyl (C=O) groups excluding carboxylic acids is 1. The molecule has 8 nitrogen and oxygen atoms in total. The van der Waals surface area contributed by atoms with Gasteiger partial charge in [0.25, 0.3) is 0 Å². The summed E-state index contributed by atoms with van der Waals surface area (Å²) in [7, 11) is 0. The van der Waals surface area contributed by atoms with Gasteiger partial charge in [0.05, 0.1) is 6.54 Å². The molecular formula is C24H31NO7. The summed E-state index contributed by atoms with van der Waals surface area (Å²) in [5, 5.41) is 11.6. The summed E-state index contributed by atoms with van der Waals surface area (Å²) in [6.07, 6.45) is 8.37. The first-order valence-electron chi connectivity index (χ1n) is 9.91. The van der Waals surface area contributed by atoms with Crippen LogP contribution in [0.15, 0.2) is 18.2 Å². The van der Waals surface area contributed by atoms with Gasteiger partial charge >= 0.3 is 12.2 Å². The SMILES string of the molecule is C#CCOc1ccc(C(CNC(=O)O)(OC(=O)OC(C)(C)C)C(C)(C)C)cc1OCC#C. The van der Waals surface area contributed by atoms with Crippen molar-refractivity contribution in [2.75, 3.05) is 19.8 Å². The van der Waals surface area contributed by atoms with E-state index < -0.39 is 28.9 Å². The largest absolute Gasteiger partial charge is 0.509 e. The van der Waals surface area contributed by atoms with Crippen molar-refractivity contribution in [3.63, 3.8) is 0 Å². The van der Waals surface area contributed by atoms with Crippen LogP contribution in [0.4, 0.5) is 9.59 Å². The van der Waals surface area contributed by atoms with Gasteiger partial charge in [-0.15, -0.1) is 12.8 Å². The smallest absolute Gasteiger partial charge is 0.477 e. The molecule has 2 N–H and O–H groups in total. The summed E-state index contributed by atoms with van der Waals surface area (Å²) in [5.41, 5.74) is -2.61. The van der Waals surface area contributed by atoms with E-state index in [1.54, 1.807) is 39.0 Å². The molecule has 0 aliphatic heterocycles. The van der Waals surface area contributed by atoms with Gasteiger partial charge in [0.15, 0.2) is 17.1 Å². The Balaban J connectivity index is 3.62. The van der Waals surface area contributed by atoms with Gasteiger partial charge in [0.2, 0.25) is 0 Å². The van der Waals surface area contributed by atoms with E-state index in [4.69, 9.17) is 31.8 Å². The number of ether oxygens (including phenoxy) is 4. The molecule has 0 heterocycles. The standard InChI is InChI=1S/C24H31NO7/c1-9-13-29-18-12-11-17(15-19(18)30-14-10-2)24(22(3,4)5,16-25-20(26)27)32-21(28)31-23(6,7)8/h1-2,11-12,15,25H,13-14,16H2,3-8H3,(H,26,27). The van der Waals surface area contributed by atoms with Gasteiger partial charge in [-0.2, -0.15) is 0 Å². The van der Waals surface area contributed by atoms with Crippen LogP contribution in [-0.4, -0.2) is 42.7 Å². The first kappa shape index (κ1) is 26.5. The lowest BCUT2D eigenvalue weighted by Crippen LogP contribution is -2.52. The van der Waals surface area contributed by atoms with Crippen LogP contribution < -0.4 is 14.8 Å². The highest BCUT2D eigenvalue weighted by molar-refractivity contribution is 5.65. The number of rotatable bonds is 8. The van der Waals surface area contributed by atoms with Crippen molar-refractivity contribution >= 4 is 12.2 Å². The lowest BCUT2D eigenvalue weighted by Gasteiger charge is -2.44. The molecule has 1 atom stereocenters. The summed E-state index contributed by atoms with van der Waals surface area (Å²) in [6.45, 7) is 10.3. The minimum Gasteiger partial charge on any atom is -0.477 e. The third-order valence-electron chi connectivity index (χ3n) is 4.38. The predicted molar refractivity (Wildman–Crippen MR) is 120 cm³/mol. The zero-order chi connectivity index (χ0) is 24.6. The van der Waals surface area contributed by atoms with Crippen molar-refractivity contribution in [2.45, 2.75) is 52.7 Å². The molecule has 0 saturated heterocycles. The highest BCUT2D eigenvalue weighted by Gasteiger charge is 2.49. The maximum Gasteiger partial charge on any atom is 0.509 e. The Hall–Kier alpha value is -3.52. The molecule has 0 aliphatic carbocycles. The Bertz CT molecular complexity index is 897. The first-order valence-corrected chi connectivity index (χ1v) is 9.91. The van der Waals surface area contributed by atoms with Crippen molar-refractivity contribution in [3.8, 4) is 36.2 Å². The number of amides is 1. The highest BCUT2D eigenvalue weighted by Crippen LogP contribution is 2.45. The number of hydrogen-bond donors (Lipinski definition) is 2. The van der Waals surface area contributed by atoms with Gasteiger partial charge in [0.1, 0.15) is 18.8 Å². The van der Waals surface area contributed by atoms with E-state index in [1.165, 1.54) is 0 Å².